The maximum absolute atomic E-state index is 12.1. The van der Waals surface area contributed by atoms with Gasteiger partial charge in [-0.3, -0.25) is 4.79 Å². The number of halogens is 1. The minimum atomic E-state index is -1.11. The zero-order valence-electron chi connectivity index (χ0n) is 11.8. The van der Waals surface area contributed by atoms with Crippen LogP contribution in [-0.2, 0) is 16.0 Å². The number of benzene rings is 1. The second-order valence-corrected chi connectivity index (χ2v) is 5.92. The van der Waals surface area contributed by atoms with Crippen LogP contribution in [0.1, 0.15) is 31.2 Å². The van der Waals surface area contributed by atoms with Gasteiger partial charge in [0.1, 0.15) is 0 Å². The number of amides is 1. The molecule has 0 aliphatic heterocycles. The van der Waals surface area contributed by atoms with Crippen molar-refractivity contribution in [2.75, 3.05) is 6.54 Å². The van der Waals surface area contributed by atoms with Crippen molar-refractivity contribution in [3.63, 3.8) is 0 Å². The van der Waals surface area contributed by atoms with E-state index in [0.29, 0.717) is 30.8 Å². The van der Waals surface area contributed by atoms with Crippen LogP contribution in [0.3, 0.4) is 0 Å². The summed E-state index contributed by atoms with van der Waals surface area (Å²) in [6, 6.07) is 7.48. The summed E-state index contributed by atoms with van der Waals surface area (Å²) in [6.45, 7) is 0.482. The lowest BCUT2D eigenvalue weighted by molar-refractivity contribution is -0.314. The first-order valence-electron chi connectivity index (χ1n) is 7.31. The van der Waals surface area contributed by atoms with Crippen molar-refractivity contribution >= 4 is 23.5 Å². The fourth-order valence-electron chi connectivity index (χ4n) is 2.88. The number of carbonyl (C=O) groups is 2. The van der Waals surface area contributed by atoms with Gasteiger partial charge >= 0.3 is 0 Å². The number of carbonyl (C=O) groups excluding carboxylic acids is 2. The lowest BCUT2D eigenvalue weighted by atomic mass is 9.78. The molecule has 5 heteroatoms. The van der Waals surface area contributed by atoms with Crippen molar-refractivity contribution < 1.29 is 14.7 Å². The van der Waals surface area contributed by atoms with E-state index in [4.69, 9.17) is 11.6 Å². The highest BCUT2D eigenvalue weighted by atomic mass is 35.5. The van der Waals surface area contributed by atoms with Gasteiger partial charge in [0.05, 0.1) is 0 Å². The zero-order valence-corrected chi connectivity index (χ0v) is 12.6. The fourth-order valence-corrected chi connectivity index (χ4v) is 3.09. The van der Waals surface area contributed by atoms with Gasteiger partial charge in [-0.25, -0.2) is 0 Å². The molecule has 2 atom stereocenters. The van der Waals surface area contributed by atoms with E-state index in [1.54, 1.807) is 6.07 Å². The molecule has 1 amide bonds. The van der Waals surface area contributed by atoms with Gasteiger partial charge in [0.2, 0.25) is 5.91 Å². The average molecular weight is 309 g/mol. The molecule has 21 heavy (non-hydrogen) atoms. The van der Waals surface area contributed by atoms with Crippen molar-refractivity contribution in [3.05, 3.63) is 34.9 Å². The number of carboxylic acids is 1. The highest BCUT2D eigenvalue weighted by Crippen LogP contribution is 2.29. The Morgan fingerprint density at radius 2 is 1.95 bits per heavy atom. The quantitative estimate of drug-likeness (QED) is 0.897. The molecule has 1 aromatic rings. The van der Waals surface area contributed by atoms with E-state index in [9.17, 15) is 14.7 Å². The van der Waals surface area contributed by atoms with Crippen LogP contribution in [0.25, 0.3) is 0 Å². The van der Waals surface area contributed by atoms with Crippen LogP contribution in [0, 0.1) is 11.8 Å². The summed E-state index contributed by atoms with van der Waals surface area (Å²) >= 11 is 5.90. The molecule has 1 saturated carbocycles. The molecule has 4 nitrogen and oxygen atoms in total. The molecule has 0 aromatic heterocycles. The summed E-state index contributed by atoms with van der Waals surface area (Å²) in [5.74, 6) is -2.39. The van der Waals surface area contributed by atoms with Crippen LogP contribution < -0.4 is 10.4 Å². The molecule has 1 aliphatic rings. The van der Waals surface area contributed by atoms with Crippen LogP contribution in [0.4, 0.5) is 0 Å². The Morgan fingerprint density at radius 1 is 1.24 bits per heavy atom. The zero-order chi connectivity index (χ0) is 15.2. The SMILES string of the molecule is O=C(NCCc1cccc(Cl)c1)[C@H]1CCCC[C@H]1C(=O)[O-]. The van der Waals surface area contributed by atoms with Gasteiger partial charge < -0.3 is 15.2 Å². The molecule has 1 fully saturated rings. The number of aliphatic carboxylic acids is 1. The maximum Gasteiger partial charge on any atom is 0.223 e. The molecule has 0 spiro atoms. The smallest absolute Gasteiger partial charge is 0.223 e. The first-order chi connectivity index (χ1) is 10.1. The molecular formula is C16H19ClNO3-. The van der Waals surface area contributed by atoms with Crippen molar-refractivity contribution in [2.24, 2.45) is 11.8 Å². The number of rotatable bonds is 5. The predicted octanol–water partition coefficient (Wildman–Crippen LogP) is 1.55. The Bertz CT molecular complexity index is 518. The minimum Gasteiger partial charge on any atom is -0.550 e. The lowest BCUT2D eigenvalue weighted by Crippen LogP contribution is -2.44. The highest BCUT2D eigenvalue weighted by Gasteiger charge is 2.31. The second kappa shape index (κ2) is 7.46. The Hall–Kier alpha value is -1.55. The van der Waals surface area contributed by atoms with E-state index in [2.05, 4.69) is 5.32 Å². The summed E-state index contributed by atoms with van der Waals surface area (Å²) in [6.07, 6.45) is 3.59. The monoisotopic (exact) mass is 308 g/mol. The molecular weight excluding hydrogens is 290 g/mol. The van der Waals surface area contributed by atoms with E-state index >= 15 is 0 Å². The third-order valence-corrected chi connectivity index (χ3v) is 4.24. The average Bonchev–Trinajstić information content (AvgIpc) is 2.47. The van der Waals surface area contributed by atoms with Crippen LogP contribution >= 0.6 is 11.6 Å². The lowest BCUT2D eigenvalue weighted by Gasteiger charge is -2.31. The van der Waals surface area contributed by atoms with Crippen LogP contribution in [0.2, 0.25) is 5.02 Å². The van der Waals surface area contributed by atoms with E-state index in [1.807, 2.05) is 18.2 Å². The number of hydrogen-bond acceptors (Lipinski definition) is 3. The van der Waals surface area contributed by atoms with Crippen molar-refractivity contribution in [1.29, 1.82) is 0 Å². The summed E-state index contributed by atoms with van der Waals surface area (Å²) in [5.41, 5.74) is 1.04. The molecule has 0 unspecified atom stereocenters. The molecule has 0 radical (unpaired) electrons. The van der Waals surface area contributed by atoms with E-state index in [0.717, 1.165) is 18.4 Å². The summed E-state index contributed by atoms with van der Waals surface area (Å²) in [5, 5.41) is 14.6. The van der Waals surface area contributed by atoms with Gasteiger partial charge in [0.25, 0.3) is 0 Å². The third-order valence-electron chi connectivity index (χ3n) is 4.01. The normalized spacial score (nSPS) is 21.8. The summed E-state index contributed by atoms with van der Waals surface area (Å²) in [4.78, 5) is 23.2. The Morgan fingerprint density at radius 3 is 2.62 bits per heavy atom. The minimum absolute atomic E-state index is 0.175. The first-order valence-corrected chi connectivity index (χ1v) is 7.68. The molecule has 1 N–H and O–H groups in total. The van der Waals surface area contributed by atoms with E-state index in [-0.39, 0.29) is 5.91 Å². The van der Waals surface area contributed by atoms with Gasteiger partial charge in [-0.1, -0.05) is 36.6 Å². The Labute approximate surface area is 129 Å². The molecule has 114 valence electrons. The van der Waals surface area contributed by atoms with Crippen molar-refractivity contribution in [2.45, 2.75) is 32.1 Å². The summed E-state index contributed by atoms with van der Waals surface area (Å²) < 4.78 is 0. The van der Waals surface area contributed by atoms with Gasteiger partial charge in [-0.05, 0) is 37.0 Å². The second-order valence-electron chi connectivity index (χ2n) is 5.49. The Kier molecular flexibility index (Phi) is 5.62. The number of nitrogens with one attached hydrogen (secondary N) is 1. The maximum atomic E-state index is 12.1. The van der Waals surface area contributed by atoms with Crippen LogP contribution in [0.5, 0.6) is 0 Å². The van der Waals surface area contributed by atoms with E-state index in [1.165, 1.54) is 0 Å². The van der Waals surface area contributed by atoms with Crippen molar-refractivity contribution in [3.8, 4) is 0 Å². The number of hydrogen-bond donors (Lipinski definition) is 1. The molecule has 0 bridgehead atoms. The topological polar surface area (TPSA) is 69.2 Å². The predicted molar refractivity (Wildman–Crippen MR) is 78.6 cm³/mol. The van der Waals surface area contributed by atoms with Gasteiger partial charge in [0, 0.05) is 29.4 Å². The van der Waals surface area contributed by atoms with Crippen LogP contribution in [-0.4, -0.2) is 18.4 Å². The van der Waals surface area contributed by atoms with Crippen LogP contribution in [0.15, 0.2) is 24.3 Å². The fraction of sp³-hybridized carbons (Fsp3) is 0.500. The first kappa shape index (κ1) is 15.8. The van der Waals surface area contributed by atoms with Gasteiger partial charge in [0.15, 0.2) is 0 Å². The third kappa shape index (κ3) is 4.46. The van der Waals surface area contributed by atoms with Crippen molar-refractivity contribution in [1.82, 2.24) is 5.32 Å². The largest absolute Gasteiger partial charge is 0.550 e. The molecule has 1 aliphatic carbocycles. The van der Waals surface area contributed by atoms with Gasteiger partial charge in [-0.15, -0.1) is 0 Å². The molecule has 0 heterocycles. The molecule has 1 aromatic carbocycles. The van der Waals surface area contributed by atoms with E-state index < -0.39 is 17.8 Å². The molecule has 0 saturated heterocycles. The van der Waals surface area contributed by atoms with Gasteiger partial charge in [-0.2, -0.15) is 0 Å². The summed E-state index contributed by atoms with van der Waals surface area (Å²) in [7, 11) is 0. The molecule has 2 rings (SSSR count). The Balaban J connectivity index is 1.84. The standard InChI is InChI=1S/C16H20ClNO3/c17-12-5-3-4-11(10-12)8-9-18-15(19)13-6-1-2-7-14(13)16(20)21/h3-5,10,13-14H,1-2,6-9H2,(H,18,19)(H,20,21)/p-1/t13-,14+/m0/s1. The highest BCUT2D eigenvalue weighted by molar-refractivity contribution is 6.30. The number of carboxylic acid groups (broad SMARTS) is 1.